The average molecular weight is 332 g/mol. The summed E-state index contributed by atoms with van der Waals surface area (Å²) < 4.78 is 0. The van der Waals surface area contributed by atoms with Gasteiger partial charge in [0, 0.05) is 11.7 Å². The molecule has 1 aromatic carbocycles. The molecule has 132 valence electrons. The van der Waals surface area contributed by atoms with Crippen LogP contribution in [0.25, 0.3) is 0 Å². The molecule has 0 aromatic heterocycles. The lowest BCUT2D eigenvalue weighted by atomic mass is 10.2. The fourth-order valence-corrected chi connectivity index (χ4v) is 2.97. The number of rotatable bonds is 9. The lowest BCUT2D eigenvalue weighted by Gasteiger charge is -2.20. The summed E-state index contributed by atoms with van der Waals surface area (Å²) in [5, 5.41) is 6.02. The van der Waals surface area contributed by atoms with Crippen molar-refractivity contribution >= 4 is 17.5 Å². The lowest BCUT2D eigenvalue weighted by molar-refractivity contribution is -0.883. The molecule has 0 saturated heterocycles. The molecule has 2 atom stereocenters. The van der Waals surface area contributed by atoms with Crippen molar-refractivity contribution in [3.8, 4) is 0 Å². The Morgan fingerprint density at radius 3 is 2.50 bits per heavy atom. The first-order valence-corrected chi connectivity index (χ1v) is 8.98. The predicted octanol–water partition coefficient (Wildman–Crippen LogP) is 1.14. The van der Waals surface area contributed by atoms with Gasteiger partial charge in [0.1, 0.15) is 0 Å². The number of hydrogen-bond donors (Lipinski definition) is 3. The Bertz CT molecular complexity index is 569. The van der Waals surface area contributed by atoms with Gasteiger partial charge in [-0.15, -0.1) is 0 Å². The molecular weight excluding hydrogens is 302 g/mol. The molecule has 1 saturated carbocycles. The Hall–Kier alpha value is -1.88. The van der Waals surface area contributed by atoms with E-state index in [4.69, 9.17) is 0 Å². The molecule has 0 spiro atoms. The Balaban J connectivity index is 1.83. The number of hydrogen-bond acceptors (Lipinski definition) is 2. The molecule has 0 heterocycles. The van der Waals surface area contributed by atoms with Crippen LogP contribution in [0.4, 0.5) is 5.69 Å². The summed E-state index contributed by atoms with van der Waals surface area (Å²) >= 11 is 0. The standard InChI is InChI=1S/C19H29N3O2/c1-4-11-22(12-18(23)20-15(3)16-9-10-16)13-19(24)21-17-8-6-5-7-14(17)2/h5-8,15-16H,4,9-13H2,1-3H3,(H,20,23)(H,21,24)/p+1/t15-/m1/s1. The van der Waals surface area contributed by atoms with Crippen LogP contribution >= 0.6 is 0 Å². The predicted molar refractivity (Wildman–Crippen MR) is 96.0 cm³/mol. The van der Waals surface area contributed by atoms with Crippen LogP contribution in [0.5, 0.6) is 0 Å². The Morgan fingerprint density at radius 1 is 1.21 bits per heavy atom. The SMILES string of the molecule is CCC[NH+](CC(=O)Nc1ccccc1C)CC(=O)N[C@H](C)C1CC1. The molecule has 1 unspecified atom stereocenters. The summed E-state index contributed by atoms with van der Waals surface area (Å²) in [6.07, 6.45) is 3.37. The maximum absolute atomic E-state index is 12.3. The van der Waals surface area contributed by atoms with E-state index < -0.39 is 0 Å². The van der Waals surface area contributed by atoms with Gasteiger partial charge in [-0.25, -0.2) is 0 Å². The van der Waals surface area contributed by atoms with Crippen molar-refractivity contribution in [2.24, 2.45) is 5.92 Å². The summed E-state index contributed by atoms with van der Waals surface area (Å²) in [5.74, 6) is 0.644. The third-order valence-corrected chi connectivity index (χ3v) is 4.56. The Morgan fingerprint density at radius 2 is 1.88 bits per heavy atom. The molecule has 1 aromatic rings. The monoisotopic (exact) mass is 332 g/mol. The summed E-state index contributed by atoms with van der Waals surface area (Å²) in [6.45, 7) is 7.59. The molecule has 1 aliphatic rings. The van der Waals surface area contributed by atoms with Gasteiger partial charge < -0.3 is 15.5 Å². The van der Waals surface area contributed by atoms with E-state index in [1.54, 1.807) is 0 Å². The van der Waals surface area contributed by atoms with Crippen LogP contribution in [0.2, 0.25) is 0 Å². The van der Waals surface area contributed by atoms with Gasteiger partial charge in [0.25, 0.3) is 11.8 Å². The zero-order valence-corrected chi connectivity index (χ0v) is 15.0. The van der Waals surface area contributed by atoms with Crippen LogP contribution in [-0.2, 0) is 9.59 Å². The van der Waals surface area contributed by atoms with Crippen LogP contribution in [0.1, 0.15) is 38.7 Å². The van der Waals surface area contributed by atoms with Crippen LogP contribution in [0.15, 0.2) is 24.3 Å². The Kier molecular flexibility index (Phi) is 6.79. The van der Waals surface area contributed by atoms with E-state index in [1.165, 1.54) is 12.8 Å². The second-order valence-corrected chi connectivity index (χ2v) is 6.91. The first-order chi connectivity index (χ1) is 11.5. The minimum atomic E-state index is -0.0456. The van der Waals surface area contributed by atoms with E-state index >= 15 is 0 Å². The summed E-state index contributed by atoms with van der Waals surface area (Å²) in [4.78, 5) is 25.5. The highest BCUT2D eigenvalue weighted by Gasteiger charge is 2.29. The van der Waals surface area contributed by atoms with Gasteiger partial charge in [-0.3, -0.25) is 9.59 Å². The molecule has 1 fully saturated rings. The van der Waals surface area contributed by atoms with E-state index in [9.17, 15) is 9.59 Å². The van der Waals surface area contributed by atoms with Crippen molar-refractivity contribution in [2.45, 2.75) is 46.1 Å². The second kappa shape index (κ2) is 8.83. The number of para-hydroxylation sites is 1. The fraction of sp³-hybridized carbons (Fsp3) is 0.579. The maximum atomic E-state index is 12.3. The minimum Gasteiger partial charge on any atom is -0.348 e. The van der Waals surface area contributed by atoms with E-state index in [0.29, 0.717) is 19.0 Å². The third-order valence-electron chi connectivity index (χ3n) is 4.56. The molecule has 2 amide bonds. The number of benzene rings is 1. The fourth-order valence-electron chi connectivity index (χ4n) is 2.97. The van der Waals surface area contributed by atoms with E-state index in [-0.39, 0.29) is 17.9 Å². The first kappa shape index (κ1) is 18.5. The highest BCUT2D eigenvalue weighted by Crippen LogP contribution is 2.32. The van der Waals surface area contributed by atoms with Gasteiger partial charge in [-0.1, -0.05) is 25.1 Å². The zero-order valence-electron chi connectivity index (χ0n) is 15.0. The van der Waals surface area contributed by atoms with Gasteiger partial charge >= 0.3 is 0 Å². The van der Waals surface area contributed by atoms with Crippen LogP contribution in [0, 0.1) is 12.8 Å². The highest BCUT2D eigenvalue weighted by atomic mass is 16.2. The molecule has 5 nitrogen and oxygen atoms in total. The summed E-state index contributed by atoms with van der Waals surface area (Å²) in [5.41, 5.74) is 1.88. The normalized spacial score (nSPS) is 16.3. The van der Waals surface area contributed by atoms with Gasteiger partial charge in [0.2, 0.25) is 0 Å². The third kappa shape index (κ3) is 5.96. The lowest BCUT2D eigenvalue weighted by Crippen LogP contribution is -3.14. The van der Waals surface area contributed by atoms with Gasteiger partial charge in [-0.2, -0.15) is 0 Å². The van der Waals surface area contributed by atoms with E-state index in [2.05, 4.69) is 24.5 Å². The topological polar surface area (TPSA) is 62.6 Å². The first-order valence-electron chi connectivity index (χ1n) is 8.98. The number of quaternary nitrogens is 1. The van der Waals surface area contributed by atoms with Crippen molar-refractivity contribution in [3.63, 3.8) is 0 Å². The number of carbonyl (C=O) groups is 2. The highest BCUT2D eigenvalue weighted by molar-refractivity contribution is 5.92. The number of aryl methyl sites for hydroxylation is 1. The van der Waals surface area contributed by atoms with Crippen molar-refractivity contribution < 1.29 is 14.5 Å². The maximum Gasteiger partial charge on any atom is 0.279 e. The molecule has 2 rings (SSSR count). The molecule has 1 aliphatic carbocycles. The number of carbonyl (C=O) groups excluding carboxylic acids is 2. The van der Waals surface area contributed by atoms with E-state index in [0.717, 1.165) is 29.1 Å². The van der Waals surface area contributed by atoms with Crippen molar-refractivity contribution in [2.75, 3.05) is 25.0 Å². The smallest absolute Gasteiger partial charge is 0.279 e. The molecule has 3 N–H and O–H groups in total. The summed E-state index contributed by atoms with van der Waals surface area (Å²) in [7, 11) is 0. The number of anilines is 1. The molecule has 5 heteroatoms. The van der Waals surface area contributed by atoms with Crippen LogP contribution in [-0.4, -0.2) is 37.5 Å². The molecule has 0 aliphatic heterocycles. The minimum absolute atomic E-state index is 0.0431. The Labute approximate surface area is 144 Å². The molecule has 0 radical (unpaired) electrons. The van der Waals surface area contributed by atoms with Crippen LogP contribution < -0.4 is 15.5 Å². The molecule has 24 heavy (non-hydrogen) atoms. The average Bonchev–Trinajstić information content (AvgIpc) is 3.34. The van der Waals surface area contributed by atoms with Crippen LogP contribution in [0.3, 0.4) is 0 Å². The molecule has 0 bridgehead atoms. The quantitative estimate of drug-likeness (QED) is 0.635. The van der Waals surface area contributed by atoms with E-state index in [1.807, 2.05) is 31.2 Å². The van der Waals surface area contributed by atoms with Crippen molar-refractivity contribution in [3.05, 3.63) is 29.8 Å². The summed E-state index contributed by atoms with van der Waals surface area (Å²) in [6, 6.07) is 7.98. The number of amides is 2. The second-order valence-electron chi connectivity index (χ2n) is 6.91. The molecular formula is C19H30N3O2+. The largest absolute Gasteiger partial charge is 0.348 e. The zero-order chi connectivity index (χ0) is 17.5. The van der Waals surface area contributed by atoms with Crippen molar-refractivity contribution in [1.29, 1.82) is 0 Å². The van der Waals surface area contributed by atoms with Gasteiger partial charge in [0.05, 0.1) is 6.54 Å². The van der Waals surface area contributed by atoms with Gasteiger partial charge in [0.15, 0.2) is 13.1 Å². The van der Waals surface area contributed by atoms with Crippen molar-refractivity contribution in [1.82, 2.24) is 5.32 Å². The van der Waals surface area contributed by atoms with Gasteiger partial charge in [-0.05, 0) is 50.7 Å². The number of nitrogens with one attached hydrogen (secondary N) is 3.